The Morgan fingerprint density at radius 2 is 1.76 bits per heavy atom. The van der Waals surface area contributed by atoms with Gasteiger partial charge in [-0.25, -0.2) is 9.38 Å². The van der Waals surface area contributed by atoms with E-state index in [1.165, 1.54) is 12.1 Å². The molecule has 0 aliphatic rings. The van der Waals surface area contributed by atoms with Crippen LogP contribution in [-0.4, -0.2) is 13.0 Å². The zero-order valence-electron chi connectivity index (χ0n) is 15.6. The van der Waals surface area contributed by atoms with Crippen molar-refractivity contribution in [2.24, 2.45) is 4.99 Å². The van der Waals surface area contributed by atoms with Gasteiger partial charge in [0.1, 0.15) is 28.4 Å². The van der Waals surface area contributed by atoms with Crippen LogP contribution in [-0.2, 0) is 0 Å². The summed E-state index contributed by atoms with van der Waals surface area (Å²) in [5.74, 6) is -0.299. The summed E-state index contributed by atoms with van der Waals surface area (Å²) in [6.45, 7) is 0. The standard InChI is InChI=1S/C23H17FN2O3/c1-28-17-11-12-21-15(13-17)14-18(22(27)25-16-7-3-2-4-8-16)23(29-21)26-20-10-6-5-9-19(20)24/h2-14H,1H3,(H,25,27). The molecule has 29 heavy (non-hydrogen) atoms. The molecule has 0 aliphatic carbocycles. The number of nitrogens with zero attached hydrogens (tertiary/aromatic N) is 1. The summed E-state index contributed by atoms with van der Waals surface area (Å²) < 4.78 is 25.2. The second-order valence-corrected chi connectivity index (χ2v) is 6.25. The number of rotatable bonds is 4. The van der Waals surface area contributed by atoms with E-state index in [1.807, 2.05) is 18.2 Å². The van der Waals surface area contributed by atoms with Gasteiger partial charge in [0.05, 0.1) is 7.11 Å². The van der Waals surface area contributed by atoms with Gasteiger partial charge in [-0.2, -0.15) is 0 Å². The number of para-hydroxylation sites is 2. The molecule has 0 atom stereocenters. The van der Waals surface area contributed by atoms with Crippen LogP contribution in [0.2, 0.25) is 0 Å². The molecule has 0 unspecified atom stereocenters. The first-order valence-corrected chi connectivity index (χ1v) is 8.91. The van der Waals surface area contributed by atoms with E-state index in [-0.39, 0.29) is 16.8 Å². The summed E-state index contributed by atoms with van der Waals surface area (Å²) in [6.07, 6.45) is 0. The third-order valence-corrected chi connectivity index (χ3v) is 4.30. The van der Waals surface area contributed by atoms with E-state index in [4.69, 9.17) is 9.15 Å². The van der Waals surface area contributed by atoms with Crippen LogP contribution < -0.4 is 15.6 Å². The molecule has 0 spiro atoms. The molecule has 144 valence electrons. The van der Waals surface area contributed by atoms with Gasteiger partial charge >= 0.3 is 0 Å². The van der Waals surface area contributed by atoms with E-state index in [0.717, 1.165) is 0 Å². The van der Waals surface area contributed by atoms with Crippen LogP contribution in [0.25, 0.3) is 11.0 Å². The Morgan fingerprint density at radius 3 is 2.52 bits per heavy atom. The average Bonchev–Trinajstić information content (AvgIpc) is 2.75. The minimum absolute atomic E-state index is 0.0150. The molecule has 0 bridgehead atoms. The lowest BCUT2D eigenvalue weighted by Gasteiger charge is -2.08. The van der Waals surface area contributed by atoms with Crippen molar-refractivity contribution in [3.63, 3.8) is 0 Å². The Morgan fingerprint density at radius 1 is 1.00 bits per heavy atom. The van der Waals surface area contributed by atoms with Gasteiger partial charge in [0, 0.05) is 11.1 Å². The van der Waals surface area contributed by atoms with E-state index >= 15 is 0 Å². The predicted molar refractivity (Wildman–Crippen MR) is 109 cm³/mol. The number of benzene rings is 3. The van der Waals surface area contributed by atoms with Gasteiger partial charge in [-0.1, -0.05) is 30.3 Å². The third-order valence-electron chi connectivity index (χ3n) is 4.30. The van der Waals surface area contributed by atoms with Crippen LogP contribution in [0.15, 0.2) is 88.3 Å². The Labute approximate surface area is 166 Å². The molecule has 5 nitrogen and oxygen atoms in total. The quantitative estimate of drug-likeness (QED) is 0.531. The number of carbonyl (C=O) groups is 1. The number of halogens is 1. The molecule has 0 fully saturated rings. The molecule has 1 heterocycles. The number of hydrogen-bond donors (Lipinski definition) is 1. The Kier molecular flexibility index (Phi) is 5.07. The number of hydrogen-bond acceptors (Lipinski definition) is 4. The summed E-state index contributed by atoms with van der Waals surface area (Å²) in [4.78, 5) is 17.2. The molecule has 0 saturated carbocycles. The highest BCUT2D eigenvalue weighted by atomic mass is 19.1. The largest absolute Gasteiger partial charge is 0.497 e. The summed E-state index contributed by atoms with van der Waals surface area (Å²) in [6, 6.07) is 21.9. The number of ether oxygens (including phenoxy) is 1. The minimum atomic E-state index is -0.507. The van der Waals surface area contributed by atoms with Crippen molar-refractivity contribution < 1.29 is 18.3 Å². The second-order valence-electron chi connectivity index (χ2n) is 6.25. The fourth-order valence-corrected chi connectivity index (χ4v) is 2.85. The highest BCUT2D eigenvalue weighted by molar-refractivity contribution is 6.05. The number of carbonyl (C=O) groups excluding carboxylic acids is 1. The molecule has 6 heteroatoms. The van der Waals surface area contributed by atoms with Gasteiger partial charge in [-0.05, 0) is 48.5 Å². The molecule has 1 aromatic heterocycles. The fraction of sp³-hybridized carbons (Fsp3) is 0.0435. The summed E-state index contributed by atoms with van der Waals surface area (Å²) >= 11 is 0. The zero-order valence-corrected chi connectivity index (χ0v) is 15.6. The first-order chi connectivity index (χ1) is 14.1. The Bertz CT molecular complexity index is 1250. The van der Waals surface area contributed by atoms with E-state index < -0.39 is 11.7 Å². The molecule has 0 aliphatic heterocycles. The Balaban J connectivity index is 1.89. The molecule has 1 amide bonds. The van der Waals surface area contributed by atoms with Gasteiger partial charge in [-0.15, -0.1) is 0 Å². The van der Waals surface area contributed by atoms with Crippen LogP contribution in [0.3, 0.4) is 0 Å². The van der Waals surface area contributed by atoms with Gasteiger partial charge in [0.2, 0.25) is 5.55 Å². The summed E-state index contributed by atoms with van der Waals surface area (Å²) in [5, 5.41) is 3.47. The minimum Gasteiger partial charge on any atom is -0.497 e. The zero-order chi connectivity index (χ0) is 20.2. The lowest BCUT2D eigenvalue weighted by molar-refractivity contribution is 0.102. The van der Waals surface area contributed by atoms with Crippen molar-refractivity contribution in [1.82, 2.24) is 0 Å². The Hall–Kier alpha value is -3.93. The highest BCUT2D eigenvalue weighted by Gasteiger charge is 2.14. The number of anilines is 1. The highest BCUT2D eigenvalue weighted by Crippen LogP contribution is 2.22. The van der Waals surface area contributed by atoms with Crippen LogP contribution >= 0.6 is 0 Å². The molecule has 0 saturated heterocycles. The molecule has 4 aromatic rings. The maximum Gasteiger partial charge on any atom is 0.261 e. The first kappa shape index (κ1) is 18.4. The maximum absolute atomic E-state index is 14.1. The van der Waals surface area contributed by atoms with Crippen LogP contribution in [0, 0.1) is 5.82 Å². The van der Waals surface area contributed by atoms with Crippen molar-refractivity contribution >= 4 is 28.3 Å². The van der Waals surface area contributed by atoms with Crippen molar-refractivity contribution in [3.8, 4) is 5.75 Å². The topological polar surface area (TPSA) is 63.8 Å². The number of amides is 1. The summed E-state index contributed by atoms with van der Waals surface area (Å²) in [5.41, 5.74) is 1.40. The van der Waals surface area contributed by atoms with Gasteiger partial charge < -0.3 is 14.5 Å². The van der Waals surface area contributed by atoms with E-state index in [0.29, 0.717) is 22.4 Å². The maximum atomic E-state index is 14.1. The molecule has 1 N–H and O–H groups in total. The van der Waals surface area contributed by atoms with Crippen LogP contribution in [0.5, 0.6) is 5.75 Å². The van der Waals surface area contributed by atoms with Crippen molar-refractivity contribution in [2.45, 2.75) is 0 Å². The monoisotopic (exact) mass is 388 g/mol. The number of methoxy groups -OCH3 is 1. The van der Waals surface area contributed by atoms with Crippen molar-refractivity contribution in [2.75, 3.05) is 12.4 Å². The van der Waals surface area contributed by atoms with Gasteiger partial charge in [0.15, 0.2) is 0 Å². The van der Waals surface area contributed by atoms with Crippen LogP contribution in [0.4, 0.5) is 15.8 Å². The number of nitrogens with one attached hydrogen (secondary N) is 1. The second kappa shape index (κ2) is 7.98. The molecule has 3 aromatic carbocycles. The SMILES string of the molecule is COc1ccc2oc(=Nc3ccccc3F)c(C(=O)Nc3ccccc3)cc2c1. The van der Waals surface area contributed by atoms with E-state index in [2.05, 4.69) is 10.3 Å². The van der Waals surface area contributed by atoms with E-state index in [1.54, 1.807) is 55.6 Å². The number of fused-ring (bicyclic) bond motifs is 1. The van der Waals surface area contributed by atoms with Gasteiger partial charge in [0.25, 0.3) is 5.91 Å². The first-order valence-electron chi connectivity index (χ1n) is 8.91. The molecular weight excluding hydrogens is 371 g/mol. The van der Waals surface area contributed by atoms with Gasteiger partial charge in [-0.3, -0.25) is 4.79 Å². The lowest BCUT2D eigenvalue weighted by Crippen LogP contribution is -2.21. The van der Waals surface area contributed by atoms with Crippen molar-refractivity contribution in [1.29, 1.82) is 0 Å². The third kappa shape index (κ3) is 4.01. The molecular formula is C23H17FN2O3. The molecule has 4 rings (SSSR count). The lowest BCUT2D eigenvalue weighted by atomic mass is 10.1. The normalized spacial score (nSPS) is 11.4. The smallest absolute Gasteiger partial charge is 0.261 e. The average molecular weight is 388 g/mol. The van der Waals surface area contributed by atoms with E-state index in [9.17, 15) is 9.18 Å². The van der Waals surface area contributed by atoms with Crippen molar-refractivity contribution in [3.05, 3.63) is 95.8 Å². The van der Waals surface area contributed by atoms with Crippen LogP contribution in [0.1, 0.15) is 10.4 Å². The predicted octanol–water partition coefficient (Wildman–Crippen LogP) is 5.07. The molecule has 0 radical (unpaired) electrons. The summed E-state index contributed by atoms with van der Waals surface area (Å²) in [7, 11) is 1.56. The fourth-order valence-electron chi connectivity index (χ4n) is 2.85.